The third-order valence-corrected chi connectivity index (χ3v) is 3.56. The first-order valence-corrected chi connectivity index (χ1v) is 5.98. The lowest BCUT2D eigenvalue weighted by Gasteiger charge is -2.14. The summed E-state index contributed by atoms with van der Waals surface area (Å²) in [5, 5.41) is 0. The predicted molar refractivity (Wildman–Crippen MR) is 63.1 cm³/mol. The van der Waals surface area contributed by atoms with Gasteiger partial charge < -0.3 is 5.73 Å². The van der Waals surface area contributed by atoms with Crippen LogP contribution in [-0.4, -0.2) is 0 Å². The highest BCUT2D eigenvalue weighted by molar-refractivity contribution is 9.10. The van der Waals surface area contributed by atoms with Gasteiger partial charge in [-0.1, -0.05) is 46.5 Å². The first-order valence-electron chi connectivity index (χ1n) is 5.18. The van der Waals surface area contributed by atoms with Crippen LogP contribution in [-0.2, 0) is 0 Å². The molecule has 76 valence electrons. The highest BCUT2D eigenvalue weighted by atomic mass is 79.9. The summed E-state index contributed by atoms with van der Waals surface area (Å²) >= 11 is 3.56. The lowest BCUT2D eigenvalue weighted by Crippen LogP contribution is -2.11. The zero-order valence-corrected chi connectivity index (χ0v) is 10.0. The van der Waals surface area contributed by atoms with E-state index in [1.54, 1.807) is 0 Å². The largest absolute Gasteiger partial charge is 0.324 e. The second-order valence-corrected chi connectivity index (χ2v) is 5.16. The lowest BCUT2D eigenvalue weighted by molar-refractivity contribution is 0.595. The van der Waals surface area contributed by atoms with Crippen molar-refractivity contribution in [2.75, 3.05) is 0 Å². The Morgan fingerprint density at radius 2 is 2.21 bits per heavy atom. The van der Waals surface area contributed by atoms with Crippen molar-refractivity contribution in [3.05, 3.63) is 33.8 Å². The third kappa shape index (κ3) is 2.37. The molecule has 1 aromatic rings. The van der Waals surface area contributed by atoms with Crippen molar-refractivity contribution < 1.29 is 0 Å². The Kier molecular flexibility index (Phi) is 2.93. The fourth-order valence-corrected chi connectivity index (χ4v) is 2.33. The van der Waals surface area contributed by atoms with Crippen LogP contribution >= 0.6 is 15.9 Å². The van der Waals surface area contributed by atoms with E-state index < -0.39 is 0 Å². The van der Waals surface area contributed by atoms with Crippen molar-refractivity contribution in [2.45, 2.75) is 32.2 Å². The molecule has 0 aromatic heterocycles. The van der Waals surface area contributed by atoms with Crippen LogP contribution in [0.25, 0.3) is 0 Å². The van der Waals surface area contributed by atoms with Gasteiger partial charge >= 0.3 is 0 Å². The maximum atomic E-state index is 6.18. The standard InChI is InChI=1S/C12H16BrN/c1-8-2-5-11(13)10(6-8)12(14)7-9-3-4-9/h2,5-6,9,12H,3-4,7,14H2,1H3/t12-/m0/s1. The number of hydrogen-bond donors (Lipinski definition) is 1. The van der Waals surface area contributed by atoms with Gasteiger partial charge in [-0.15, -0.1) is 0 Å². The van der Waals surface area contributed by atoms with Crippen molar-refractivity contribution in [3.8, 4) is 0 Å². The highest BCUT2D eigenvalue weighted by Crippen LogP contribution is 2.38. The van der Waals surface area contributed by atoms with E-state index >= 15 is 0 Å². The van der Waals surface area contributed by atoms with Gasteiger partial charge in [0.05, 0.1) is 0 Å². The molecular weight excluding hydrogens is 238 g/mol. The topological polar surface area (TPSA) is 26.0 Å². The molecule has 1 fully saturated rings. The first-order chi connectivity index (χ1) is 6.66. The summed E-state index contributed by atoms with van der Waals surface area (Å²) < 4.78 is 1.15. The summed E-state index contributed by atoms with van der Waals surface area (Å²) in [5.41, 5.74) is 8.72. The fourth-order valence-electron chi connectivity index (χ4n) is 1.79. The van der Waals surface area contributed by atoms with Crippen LogP contribution < -0.4 is 5.73 Å². The molecule has 0 bridgehead atoms. The molecule has 1 atom stereocenters. The van der Waals surface area contributed by atoms with Crippen LogP contribution in [0.2, 0.25) is 0 Å². The summed E-state index contributed by atoms with van der Waals surface area (Å²) in [6, 6.07) is 6.60. The summed E-state index contributed by atoms with van der Waals surface area (Å²) in [6.07, 6.45) is 3.89. The molecule has 0 spiro atoms. The zero-order chi connectivity index (χ0) is 10.1. The van der Waals surface area contributed by atoms with Crippen molar-refractivity contribution in [1.29, 1.82) is 0 Å². The fraction of sp³-hybridized carbons (Fsp3) is 0.500. The number of benzene rings is 1. The molecule has 1 nitrogen and oxygen atoms in total. The smallest absolute Gasteiger partial charge is 0.0308 e. The number of halogens is 1. The van der Waals surface area contributed by atoms with Gasteiger partial charge in [0.25, 0.3) is 0 Å². The Morgan fingerprint density at radius 3 is 2.86 bits per heavy atom. The molecule has 1 aromatic carbocycles. The van der Waals surface area contributed by atoms with E-state index in [0.717, 1.165) is 16.8 Å². The van der Waals surface area contributed by atoms with Crippen molar-refractivity contribution in [3.63, 3.8) is 0 Å². The Bertz CT molecular complexity index is 331. The molecule has 0 heterocycles. The third-order valence-electron chi connectivity index (χ3n) is 2.84. The van der Waals surface area contributed by atoms with E-state index in [0.29, 0.717) is 0 Å². The van der Waals surface area contributed by atoms with Crippen LogP contribution in [0.1, 0.15) is 36.4 Å². The number of rotatable bonds is 3. The molecule has 0 radical (unpaired) electrons. The van der Waals surface area contributed by atoms with E-state index in [4.69, 9.17) is 5.73 Å². The van der Waals surface area contributed by atoms with E-state index in [1.165, 1.54) is 24.0 Å². The molecule has 14 heavy (non-hydrogen) atoms. The molecule has 2 heteroatoms. The molecule has 1 aliphatic carbocycles. The molecule has 0 aliphatic heterocycles. The quantitative estimate of drug-likeness (QED) is 0.876. The molecule has 2 rings (SSSR count). The van der Waals surface area contributed by atoms with E-state index in [2.05, 4.69) is 41.1 Å². The van der Waals surface area contributed by atoms with E-state index in [1.807, 2.05) is 0 Å². The average Bonchev–Trinajstić information content (AvgIpc) is 2.93. The van der Waals surface area contributed by atoms with Gasteiger partial charge in [0.2, 0.25) is 0 Å². The Morgan fingerprint density at radius 1 is 1.50 bits per heavy atom. The maximum Gasteiger partial charge on any atom is 0.0308 e. The molecule has 0 amide bonds. The van der Waals surface area contributed by atoms with Crippen molar-refractivity contribution in [1.82, 2.24) is 0 Å². The van der Waals surface area contributed by atoms with Gasteiger partial charge in [0, 0.05) is 10.5 Å². The molecule has 2 N–H and O–H groups in total. The molecule has 1 saturated carbocycles. The minimum absolute atomic E-state index is 0.205. The minimum Gasteiger partial charge on any atom is -0.324 e. The van der Waals surface area contributed by atoms with Crippen molar-refractivity contribution in [2.24, 2.45) is 11.7 Å². The number of aryl methyl sites for hydroxylation is 1. The highest BCUT2D eigenvalue weighted by Gasteiger charge is 2.25. The minimum atomic E-state index is 0.205. The summed E-state index contributed by atoms with van der Waals surface area (Å²) in [7, 11) is 0. The Labute approximate surface area is 93.8 Å². The van der Waals surface area contributed by atoms with Gasteiger partial charge in [0.15, 0.2) is 0 Å². The number of nitrogens with two attached hydrogens (primary N) is 1. The van der Waals surface area contributed by atoms with Crippen LogP contribution in [0.5, 0.6) is 0 Å². The summed E-state index contributed by atoms with van der Waals surface area (Å²) in [4.78, 5) is 0. The van der Waals surface area contributed by atoms with Gasteiger partial charge in [-0.25, -0.2) is 0 Å². The van der Waals surface area contributed by atoms with Gasteiger partial charge in [-0.2, -0.15) is 0 Å². The summed E-state index contributed by atoms with van der Waals surface area (Å²) in [5.74, 6) is 0.886. The van der Waals surface area contributed by atoms with Crippen LogP contribution in [0.4, 0.5) is 0 Å². The van der Waals surface area contributed by atoms with Crippen LogP contribution in [0, 0.1) is 12.8 Å². The van der Waals surface area contributed by atoms with Gasteiger partial charge in [-0.3, -0.25) is 0 Å². The van der Waals surface area contributed by atoms with Crippen LogP contribution in [0.15, 0.2) is 22.7 Å². The predicted octanol–water partition coefficient (Wildman–Crippen LogP) is 3.56. The van der Waals surface area contributed by atoms with Gasteiger partial charge in [-0.05, 0) is 30.9 Å². The second kappa shape index (κ2) is 4.03. The van der Waals surface area contributed by atoms with E-state index in [-0.39, 0.29) is 6.04 Å². The normalized spacial score (nSPS) is 18.2. The Balaban J connectivity index is 2.15. The molecular formula is C12H16BrN. The second-order valence-electron chi connectivity index (χ2n) is 4.31. The zero-order valence-electron chi connectivity index (χ0n) is 8.46. The average molecular weight is 254 g/mol. The van der Waals surface area contributed by atoms with E-state index in [9.17, 15) is 0 Å². The Hall–Kier alpha value is -0.340. The molecule has 1 aliphatic rings. The lowest BCUT2D eigenvalue weighted by atomic mass is 10.0. The maximum absolute atomic E-state index is 6.18. The number of hydrogen-bond acceptors (Lipinski definition) is 1. The molecule has 0 saturated heterocycles. The SMILES string of the molecule is Cc1ccc(Br)c([C@@H](N)CC2CC2)c1. The van der Waals surface area contributed by atoms with Crippen molar-refractivity contribution >= 4 is 15.9 Å². The molecule has 0 unspecified atom stereocenters. The monoisotopic (exact) mass is 253 g/mol. The van der Waals surface area contributed by atoms with Gasteiger partial charge in [0.1, 0.15) is 0 Å². The first kappa shape index (κ1) is 10.2. The summed E-state index contributed by atoms with van der Waals surface area (Å²) in [6.45, 7) is 2.11. The van der Waals surface area contributed by atoms with Crippen LogP contribution in [0.3, 0.4) is 0 Å².